The number of rotatable bonds is 2. The van der Waals surface area contributed by atoms with E-state index in [9.17, 15) is 0 Å². The highest BCUT2D eigenvalue weighted by Gasteiger charge is 2.06. The van der Waals surface area contributed by atoms with Crippen molar-refractivity contribution in [2.75, 3.05) is 13.2 Å². The van der Waals surface area contributed by atoms with E-state index in [2.05, 4.69) is 54.8 Å². The van der Waals surface area contributed by atoms with Crippen LogP contribution in [-0.2, 0) is 4.74 Å². The summed E-state index contributed by atoms with van der Waals surface area (Å²) in [7, 11) is -1.27. The first-order chi connectivity index (χ1) is 6.56. The van der Waals surface area contributed by atoms with Gasteiger partial charge in [-0.05, 0) is 30.6 Å². The van der Waals surface area contributed by atoms with Crippen LogP contribution in [0.1, 0.15) is 6.92 Å². The third-order valence-corrected chi connectivity index (χ3v) is 1.97. The Bertz CT molecular complexity index is 330. The van der Waals surface area contributed by atoms with Crippen molar-refractivity contribution in [2.24, 2.45) is 0 Å². The zero-order valence-corrected chi connectivity index (χ0v) is 10.3. The molecule has 0 radical (unpaired) electrons. The van der Waals surface area contributed by atoms with Gasteiger partial charge in [0.25, 0.3) is 0 Å². The summed E-state index contributed by atoms with van der Waals surface area (Å²) in [5, 5.41) is 0. The van der Waals surface area contributed by atoms with Crippen molar-refractivity contribution in [3.05, 3.63) is 0 Å². The molecule has 74 valence electrons. The Morgan fingerprint density at radius 2 is 1.64 bits per heavy atom. The third-order valence-electron chi connectivity index (χ3n) is 1.09. The summed E-state index contributed by atoms with van der Waals surface area (Å²) < 4.78 is 5.02. The molecule has 0 saturated carbocycles. The molecule has 0 rings (SSSR count). The van der Waals surface area contributed by atoms with Gasteiger partial charge in [0.05, 0.1) is 0 Å². The van der Waals surface area contributed by atoms with Crippen molar-refractivity contribution in [3.63, 3.8) is 0 Å². The molecule has 1 nitrogen and oxygen atoms in total. The van der Waals surface area contributed by atoms with Gasteiger partial charge < -0.3 is 4.74 Å². The lowest BCUT2D eigenvalue weighted by Crippen LogP contribution is -2.16. The Balaban J connectivity index is 3.91. The monoisotopic (exact) mass is 204 g/mol. The second kappa shape index (κ2) is 7.28. The lowest BCUT2D eigenvalue weighted by Gasteiger charge is -2.01. The normalized spacial score (nSPS) is 8.57. The van der Waals surface area contributed by atoms with Gasteiger partial charge in [0, 0.05) is 6.61 Å². The van der Waals surface area contributed by atoms with Gasteiger partial charge in [0.1, 0.15) is 14.7 Å². The van der Waals surface area contributed by atoms with Crippen LogP contribution in [0.15, 0.2) is 0 Å². The molecule has 0 spiro atoms. The Morgan fingerprint density at radius 1 is 1.00 bits per heavy atom. The molecule has 0 aliphatic carbocycles. The highest BCUT2D eigenvalue weighted by atomic mass is 28.3. The first kappa shape index (κ1) is 12.9. The Kier molecular flexibility index (Phi) is 6.68. The van der Waals surface area contributed by atoms with Gasteiger partial charge in [0.2, 0.25) is 0 Å². The van der Waals surface area contributed by atoms with E-state index in [0.29, 0.717) is 13.2 Å². The zero-order chi connectivity index (χ0) is 10.9. The highest BCUT2D eigenvalue weighted by Crippen LogP contribution is 1.95. The molecular weight excluding hydrogens is 188 g/mol. The first-order valence-electron chi connectivity index (χ1n) is 4.64. The van der Waals surface area contributed by atoms with E-state index in [1.165, 1.54) is 0 Å². The zero-order valence-electron chi connectivity index (χ0n) is 9.32. The SMILES string of the molecule is CCOCC#CC#CC#C[Si](C)(C)C. The number of hydrogen-bond donors (Lipinski definition) is 0. The van der Waals surface area contributed by atoms with E-state index in [-0.39, 0.29) is 0 Å². The molecule has 0 N–H and O–H groups in total. The average molecular weight is 204 g/mol. The topological polar surface area (TPSA) is 9.23 Å². The fraction of sp³-hybridized carbons (Fsp3) is 0.500. The minimum Gasteiger partial charge on any atom is -0.369 e. The van der Waals surface area contributed by atoms with Crippen LogP contribution in [0.25, 0.3) is 0 Å². The largest absolute Gasteiger partial charge is 0.369 e. The molecule has 0 aliphatic heterocycles. The van der Waals surface area contributed by atoms with Crippen LogP contribution >= 0.6 is 0 Å². The Hall–Kier alpha value is -1.14. The molecule has 0 fully saturated rings. The van der Waals surface area contributed by atoms with Crippen LogP contribution in [-0.4, -0.2) is 21.3 Å². The minimum absolute atomic E-state index is 0.451. The minimum atomic E-state index is -1.27. The summed E-state index contributed by atoms with van der Waals surface area (Å²) in [6.45, 7) is 9.63. The summed E-state index contributed by atoms with van der Waals surface area (Å²) in [6, 6.07) is 0. The molecule has 0 atom stereocenters. The van der Waals surface area contributed by atoms with Crippen molar-refractivity contribution >= 4 is 8.07 Å². The van der Waals surface area contributed by atoms with E-state index >= 15 is 0 Å². The summed E-state index contributed by atoms with van der Waals surface area (Å²) >= 11 is 0. The molecule has 0 bridgehead atoms. The van der Waals surface area contributed by atoms with Crippen LogP contribution < -0.4 is 0 Å². The van der Waals surface area contributed by atoms with Crippen LogP contribution in [0.2, 0.25) is 19.6 Å². The fourth-order valence-electron chi connectivity index (χ4n) is 0.515. The first-order valence-corrected chi connectivity index (χ1v) is 8.14. The molecule has 0 heterocycles. The van der Waals surface area contributed by atoms with Crippen molar-refractivity contribution in [1.29, 1.82) is 0 Å². The van der Waals surface area contributed by atoms with Gasteiger partial charge in [0.15, 0.2) is 0 Å². The quantitative estimate of drug-likeness (QED) is 0.379. The van der Waals surface area contributed by atoms with Crippen molar-refractivity contribution in [1.82, 2.24) is 0 Å². The second-order valence-corrected chi connectivity index (χ2v) is 8.44. The molecular formula is C12H16OSi. The molecule has 14 heavy (non-hydrogen) atoms. The summed E-state index contributed by atoms with van der Waals surface area (Å²) in [4.78, 5) is 0. The highest BCUT2D eigenvalue weighted by molar-refractivity contribution is 6.83. The molecule has 2 heteroatoms. The smallest absolute Gasteiger partial charge is 0.130 e. The lowest BCUT2D eigenvalue weighted by atomic mass is 10.5. The van der Waals surface area contributed by atoms with Crippen molar-refractivity contribution < 1.29 is 4.74 Å². The summed E-state index contributed by atoms with van der Waals surface area (Å²) in [5.74, 6) is 13.7. The predicted molar refractivity (Wildman–Crippen MR) is 63.2 cm³/mol. The van der Waals surface area contributed by atoms with E-state index in [0.717, 1.165) is 0 Å². The maximum atomic E-state index is 5.02. The van der Waals surface area contributed by atoms with E-state index in [4.69, 9.17) is 4.74 Å². The van der Waals surface area contributed by atoms with Crippen molar-refractivity contribution in [3.8, 4) is 35.1 Å². The molecule has 0 saturated heterocycles. The van der Waals surface area contributed by atoms with E-state index in [1.54, 1.807) is 0 Å². The Labute approximate surface area is 88.2 Å². The van der Waals surface area contributed by atoms with Crippen LogP contribution in [0.5, 0.6) is 0 Å². The van der Waals surface area contributed by atoms with Gasteiger partial charge in [-0.1, -0.05) is 25.6 Å². The van der Waals surface area contributed by atoms with Crippen LogP contribution in [0, 0.1) is 35.1 Å². The van der Waals surface area contributed by atoms with Crippen molar-refractivity contribution in [2.45, 2.75) is 26.6 Å². The van der Waals surface area contributed by atoms with Gasteiger partial charge in [-0.3, -0.25) is 0 Å². The Morgan fingerprint density at radius 3 is 2.21 bits per heavy atom. The summed E-state index contributed by atoms with van der Waals surface area (Å²) in [5.41, 5.74) is 3.14. The maximum absolute atomic E-state index is 5.02. The van der Waals surface area contributed by atoms with Gasteiger partial charge in [-0.15, -0.1) is 5.54 Å². The third kappa shape index (κ3) is 10.9. The predicted octanol–water partition coefficient (Wildman–Crippen LogP) is 1.91. The van der Waals surface area contributed by atoms with E-state index in [1.807, 2.05) is 6.92 Å². The molecule has 0 unspecified atom stereocenters. The fourth-order valence-corrected chi connectivity index (χ4v) is 0.952. The van der Waals surface area contributed by atoms with E-state index < -0.39 is 8.07 Å². The molecule has 0 amide bonds. The second-order valence-electron chi connectivity index (χ2n) is 3.69. The van der Waals surface area contributed by atoms with Gasteiger partial charge in [-0.25, -0.2) is 0 Å². The standard InChI is InChI=1S/C12H16OSi/c1-5-13-11-9-7-6-8-10-12-14(2,3)4/h5,11H2,1-4H3. The average Bonchev–Trinajstić information content (AvgIpc) is 2.08. The lowest BCUT2D eigenvalue weighted by molar-refractivity contribution is 0.182. The summed E-state index contributed by atoms with van der Waals surface area (Å²) in [6.07, 6.45) is 0. The number of hydrogen-bond acceptors (Lipinski definition) is 1. The number of ether oxygens (including phenoxy) is 1. The molecule has 0 aromatic carbocycles. The van der Waals surface area contributed by atoms with Crippen LogP contribution in [0.4, 0.5) is 0 Å². The van der Waals surface area contributed by atoms with Crippen LogP contribution in [0.3, 0.4) is 0 Å². The van der Waals surface area contributed by atoms with Gasteiger partial charge >= 0.3 is 0 Å². The molecule has 0 aliphatic rings. The van der Waals surface area contributed by atoms with Gasteiger partial charge in [-0.2, -0.15) is 0 Å². The molecule has 0 aromatic rings. The maximum Gasteiger partial charge on any atom is 0.130 e. The molecule has 0 aromatic heterocycles.